The number of benzene rings is 3. The van der Waals surface area contributed by atoms with Gasteiger partial charge in [0.1, 0.15) is 5.82 Å². The number of aromatic hydroxyl groups is 2. The first kappa shape index (κ1) is 21.7. The third-order valence-electron chi connectivity index (χ3n) is 6.79. The highest BCUT2D eigenvalue weighted by molar-refractivity contribution is 5.99. The average molecular weight is 484 g/mol. The number of anilines is 1. The third-order valence-corrected chi connectivity index (χ3v) is 6.79. The number of halogens is 1. The zero-order chi connectivity index (χ0) is 25.3. The number of fused-ring (bicyclic) bond motifs is 5. The maximum absolute atomic E-state index is 15.3. The van der Waals surface area contributed by atoms with Gasteiger partial charge < -0.3 is 20.1 Å². The van der Waals surface area contributed by atoms with Gasteiger partial charge in [0.25, 0.3) is 5.56 Å². The van der Waals surface area contributed by atoms with Crippen LogP contribution in [0.25, 0.3) is 27.8 Å². The fourth-order valence-corrected chi connectivity index (χ4v) is 5.10. The molecule has 0 saturated heterocycles. The van der Waals surface area contributed by atoms with Gasteiger partial charge in [0.15, 0.2) is 11.5 Å². The summed E-state index contributed by atoms with van der Waals surface area (Å²) >= 11 is 0. The van der Waals surface area contributed by atoms with Crippen molar-refractivity contribution >= 4 is 16.6 Å². The van der Waals surface area contributed by atoms with E-state index in [4.69, 9.17) is 0 Å². The van der Waals surface area contributed by atoms with Gasteiger partial charge in [-0.2, -0.15) is 0 Å². The van der Waals surface area contributed by atoms with Crippen LogP contribution in [0.15, 0.2) is 76.3 Å². The zero-order valence-corrected chi connectivity index (χ0v) is 19.4. The molecular weight excluding hydrogens is 463 g/mol. The Balaban J connectivity index is 1.87. The van der Waals surface area contributed by atoms with E-state index >= 15 is 4.39 Å². The molecular formula is C27H21FN4O4. The smallest absolute Gasteiger partial charge is 0.331 e. The molecule has 3 aromatic carbocycles. The van der Waals surface area contributed by atoms with Crippen LogP contribution in [-0.4, -0.2) is 23.9 Å². The third kappa shape index (κ3) is 2.86. The number of para-hydroxylation sites is 2. The molecule has 9 heteroatoms. The first-order chi connectivity index (χ1) is 17.3. The van der Waals surface area contributed by atoms with Gasteiger partial charge in [0.05, 0.1) is 39.7 Å². The summed E-state index contributed by atoms with van der Waals surface area (Å²) in [4.78, 5) is 26.6. The van der Waals surface area contributed by atoms with E-state index in [1.807, 2.05) is 28.8 Å². The van der Waals surface area contributed by atoms with Crippen LogP contribution in [0, 0.1) is 5.82 Å². The summed E-state index contributed by atoms with van der Waals surface area (Å²) in [5.41, 5.74) is 2.33. The molecule has 0 amide bonds. The number of nitrogens with zero attached hydrogens (tertiary/aromatic N) is 3. The summed E-state index contributed by atoms with van der Waals surface area (Å²) in [6.07, 6.45) is 0. The van der Waals surface area contributed by atoms with Crippen molar-refractivity contribution in [2.24, 2.45) is 14.1 Å². The number of hydrogen-bond acceptors (Lipinski definition) is 5. The lowest BCUT2D eigenvalue weighted by molar-refractivity contribution is 0.403. The second-order valence-electron chi connectivity index (χ2n) is 8.82. The zero-order valence-electron chi connectivity index (χ0n) is 19.4. The molecule has 1 atom stereocenters. The highest BCUT2D eigenvalue weighted by Crippen LogP contribution is 2.46. The summed E-state index contributed by atoms with van der Waals surface area (Å²) in [7, 11) is 2.97. The standard InChI is InChI=1S/C27H21FN4O4/c1-30-24-21(26(35)31(2)27(30)36)23(15-7-3-4-8-16(15)28)32-18-10-6-5-9-17(18)29-22(25(24)32)14-11-12-19(33)20(34)13-14/h3-13,22,29,33-34H,1-2H3. The Bertz CT molecular complexity index is 1830. The molecule has 2 aromatic heterocycles. The second-order valence-corrected chi connectivity index (χ2v) is 8.82. The number of nitrogens with one attached hydrogen (secondary N) is 1. The van der Waals surface area contributed by atoms with Crippen molar-refractivity contribution in [3.8, 4) is 28.4 Å². The number of aromatic nitrogens is 3. The van der Waals surface area contributed by atoms with Gasteiger partial charge in [-0.3, -0.25) is 13.9 Å². The lowest BCUT2D eigenvalue weighted by atomic mass is 9.99. The molecule has 0 bridgehead atoms. The Morgan fingerprint density at radius 1 is 0.889 bits per heavy atom. The van der Waals surface area contributed by atoms with E-state index in [1.54, 1.807) is 31.3 Å². The van der Waals surface area contributed by atoms with E-state index in [0.29, 0.717) is 33.8 Å². The summed E-state index contributed by atoms with van der Waals surface area (Å²) in [5.74, 6) is -1.09. The van der Waals surface area contributed by atoms with Crippen LogP contribution in [0.2, 0.25) is 0 Å². The molecule has 3 heterocycles. The first-order valence-electron chi connectivity index (χ1n) is 11.3. The van der Waals surface area contributed by atoms with Crippen LogP contribution < -0.4 is 16.6 Å². The second kappa shape index (κ2) is 7.61. The summed E-state index contributed by atoms with van der Waals surface area (Å²) in [5, 5.41) is 23.8. The molecule has 5 aromatic rings. The van der Waals surface area contributed by atoms with Crippen molar-refractivity contribution in [3.05, 3.63) is 105 Å². The number of rotatable bonds is 2. The lowest BCUT2D eigenvalue weighted by Gasteiger charge is -2.31. The molecule has 180 valence electrons. The number of hydrogen-bond donors (Lipinski definition) is 3. The van der Waals surface area contributed by atoms with Crippen molar-refractivity contribution in [1.82, 2.24) is 13.7 Å². The Morgan fingerprint density at radius 3 is 2.36 bits per heavy atom. The number of aryl methyl sites for hydroxylation is 1. The maximum Gasteiger partial charge on any atom is 0.331 e. The predicted molar refractivity (Wildman–Crippen MR) is 134 cm³/mol. The predicted octanol–water partition coefficient (Wildman–Crippen LogP) is 3.76. The van der Waals surface area contributed by atoms with Gasteiger partial charge in [0.2, 0.25) is 0 Å². The summed E-state index contributed by atoms with van der Waals surface area (Å²) < 4.78 is 19.5. The van der Waals surface area contributed by atoms with Crippen LogP contribution in [0.1, 0.15) is 17.3 Å². The quantitative estimate of drug-likeness (QED) is 0.331. The van der Waals surface area contributed by atoms with Crippen LogP contribution in [0.5, 0.6) is 11.5 Å². The van der Waals surface area contributed by atoms with Gasteiger partial charge in [-0.1, -0.05) is 30.3 Å². The van der Waals surface area contributed by atoms with Crippen LogP contribution in [0.3, 0.4) is 0 Å². The Labute approximate surface area is 203 Å². The monoisotopic (exact) mass is 484 g/mol. The Hall–Kier alpha value is -4.79. The minimum absolute atomic E-state index is 0.200. The topological polar surface area (TPSA) is 101 Å². The van der Waals surface area contributed by atoms with Gasteiger partial charge in [-0.25, -0.2) is 9.18 Å². The Kier molecular flexibility index (Phi) is 4.59. The van der Waals surface area contributed by atoms with E-state index in [1.165, 1.54) is 29.8 Å². The van der Waals surface area contributed by atoms with Crippen molar-refractivity contribution < 1.29 is 14.6 Å². The molecule has 36 heavy (non-hydrogen) atoms. The summed E-state index contributed by atoms with van der Waals surface area (Å²) in [6, 6.07) is 17.4. The van der Waals surface area contributed by atoms with E-state index in [0.717, 1.165) is 4.57 Å². The van der Waals surface area contributed by atoms with E-state index in [9.17, 15) is 19.8 Å². The fraction of sp³-hybridized carbons (Fsp3) is 0.111. The lowest BCUT2D eigenvalue weighted by Crippen LogP contribution is -2.37. The molecule has 3 N–H and O–H groups in total. The minimum atomic E-state index is -0.646. The maximum atomic E-state index is 15.3. The van der Waals surface area contributed by atoms with Crippen LogP contribution in [0.4, 0.5) is 10.1 Å². The molecule has 0 saturated carbocycles. The largest absolute Gasteiger partial charge is 0.504 e. The highest BCUT2D eigenvalue weighted by atomic mass is 19.1. The molecule has 6 rings (SSSR count). The fourth-order valence-electron chi connectivity index (χ4n) is 5.10. The molecule has 1 unspecified atom stereocenters. The van der Waals surface area contributed by atoms with Crippen molar-refractivity contribution in [3.63, 3.8) is 0 Å². The first-order valence-corrected chi connectivity index (χ1v) is 11.3. The summed E-state index contributed by atoms with van der Waals surface area (Å²) in [6.45, 7) is 0. The SMILES string of the molecule is Cn1c(=O)c2c(-c3ccccc3F)n3c(c2n(C)c1=O)C(c1ccc(O)c(O)c1)Nc1ccccc1-3. The van der Waals surface area contributed by atoms with Crippen molar-refractivity contribution in [2.75, 3.05) is 5.32 Å². The van der Waals surface area contributed by atoms with Gasteiger partial charge in [0, 0.05) is 19.7 Å². The number of phenols is 2. The van der Waals surface area contributed by atoms with E-state index < -0.39 is 23.1 Å². The van der Waals surface area contributed by atoms with Crippen molar-refractivity contribution in [2.45, 2.75) is 6.04 Å². The highest BCUT2D eigenvalue weighted by Gasteiger charge is 2.35. The average Bonchev–Trinajstić information content (AvgIpc) is 3.24. The molecule has 0 fully saturated rings. The normalized spacial score (nSPS) is 14.4. The molecule has 1 aliphatic rings. The molecule has 8 nitrogen and oxygen atoms in total. The molecule has 0 aliphatic carbocycles. The van der Waals surface area contributed by atoms with Gasteiger partial charge in [-0.15, -0.1) is 0 Å². The Morgan fingerprint density at radius 2 is 1.61 bits per heavy atom. The van der Waals surface area contributed by atoms with Gasteiger partial charge >= 0.3 is 5.69 Å². The van der Waals surface area contributed by atoms with E-state index in [2.05, 4.69) is 5.32 Å². The van der Waals surface area contributed by atoms with Crippen LogP contribution >= 0.6 is 0 Å². The van der Waals surface area contributed by atoms with E-state index in [-0.39, 0.29) is 22.4 Å². The van der Waals surface area contributed by atoms with Crippen LogP contribution in [-0.2, 0) is 14.1 Å². The molecule has 0 radical (unpaired) electrons. The van der Waals surface area contributed by atoms with Crippen molar-refractivity contribution in [1.29, 1.82) is 0 Å². The number of phenolic OH excluding ortho intramolecular Hbond substituents is 2. The van der Waals surface area contributed by atoms with Gasteiger partial charge in [-0.05, 0) is 42.0 Å². The minimum Gasteiger partial charge on any atom is -0.504 e. The molecule has 1 aliphatic heterocycles. The molecule has 0 spiro atoms.